The van der Waals surface area contributed by atoms with Gasteiger partial charge in [0.05, 0.1) is 18.1 Å². The number of aromatic nitrogens is 5. The summed E-state index contributed by atoms with van der Waals surface area (Å²) in [7, 11) is 0. The molecule has 0 fully saturated rings. The predicted molar refractivity (Wildman–Crippen MR) is 88.4 cm³/mol. The SMILES string of the molecule is O=C(Nc1ccc2ncc(-c3ccccc3F)n2n1)c1cnccn1. The molecule has 25 heavy (non-hydrogen) atoms. The first-order valence-corrected chi connectivity index (χ1v) is 7.39. The molecule has 1 amide bonds. The lowest BCUT2D eigenvalue weighted by atomic mass is 10.1. The highest BCUT2D eigenvalue weighted by Crippen LogP contribution is 2.23. The molecule has 0 unspecified atom stereocenters. The third-order valence-electron chi connectivity index (χ3n) is 3.55. The number of imidazole rings is 1. The molecule has 0 saturated heterocycles. The van der Waals surface area contributed by atoms with E-state index in [9.17, 15) is 9.18 Å². The summed E-state index contributed by atoms with van der Waals surface area (Å²) in [5.41, 5.74) is 1.57. The van der Waals surface area contributed by atoms with Crippen LogP contribution in [0.2, 0.25) is 0 Å². The molecule has 3 aromatic heterocycles. The van der Waals surface area contributed by atoms with Crippen LogP contribution in [0.15, 0.2) is 61.2 Å². The highest BCUT2D eigenvalue weighted by Gasteiger charge is 2.13. The van der Waals surface area contributed by atoms with Gasteiger partial charge in [-0.3, -0.25) is 9.78 Å². The van der Waals surface area contributed by atoms with Crippen LogP contribution in [-0.2, 0) is 0 Å². The summed E-state index contributed by atoms with van der Waals surface area (Å²) in [6, 6.07) is 9.66. The van der Waals surface area contributed by atoms with Crippen LogP contribution in [0.3, 0.4) is 0 Å². The molecule has 1 N–H and O–H groups in total. The van der Waals surface area contributed by atoms with E-state index in [4.69, 9.17) is 0 Å². The van der Waals surface area contributed by atoms with E-state index in [1.807, 2.05) is 0 Å². The van der Waals surface area contributed by atoms with Crippen molar-refractivity contribution in [1.29, 1.82) is 0 Å². The summed E-state index contributed by atoms with van der Waals surface area (Å²) in [6.45, 7) is 0. The first kappa shape index (κ1) is 14.9. The number of anilines is 1. The van der Waals surface area contributed by atoms with Crippen LogP contribution in [0.4, 0.5) is 10.2 Å². The van der Waals surface area contributed by atoms with Gasteiger partial charge in [0, 0.05) is 18.0 Å². The van der Waals surface area contributed by atoms with E-state index in [1.165, 1.54) is 35.4 Å². The molecule has 7 nitrogen and oxygen atoms in total. The van der Waals surface area contributed by atoms with Gasteiger partial charge in [0.2, 0.25) is 0 Å². The molecular weight excluding hydrogens is 323 g/mol. The van der Waals surface area contributed by atoms with Gasteiger partial charge in [-0.05, 0) is 24.3 Å². The quantitative estimate of drug-likeness (QED) is 0.622. The average Bonchev–Trinajstić information content (AvgIpc) is 3.06. The molecule has 0 aliphatic rings. The van der Waals surface area contributed by atoms with E-state index >= 15 is 0 Å². The van der Waals surface area contributed by atoms with Gasteiger partial charge in [0.25, 0.3) is 5.91 Å². The molecule has 0 saturated carbocycles. The van der Waals surface area contributed by atoms with E-state index in [0.29, 0.717) is 22.7 Å². The Kier molecular flexibility index (Phi) is 3.62. The Morgan fingerprint density at radius 2 is 1.92 bits per heavy atom. The van der Waals surface area contributed by atoms with Gasteiger partial charge >= 0.3 is 0 Å². The van der Waals surface area contributed by atoms with Crippen molar-refractivity contribution in [3.63, 3.8) is 0 Å². The maximum absolute atomic E-state index is 14.1. The number of halogens is 1. The lowest BCUT2D eigenvalue weighted by Gasteiger charge is -2.06. The first-order valence-electron chi connectivity index (χ1n) is 7.39. The summed E-state index contributed by atoms with van der Waals surface area (Å²) in [5, 5.41) is 6.96. The predicted octanol–water partition coefficient (Wildman–Crippen LogP) is 2.58. The van der Waals surface area contributed by atoms with E-state index in [2.05, 4.69) is 25.4 Å². The minimum Gasteiger partial charge on any atom is -0.304 e. The molecule has 0 aliphatic heterocycles. The van der Waals surface area contributed by atoms with Gasteiger partial charge in [-0.2, -0.15) is 0 Å². The summed E-state index contributed by atoms with van der Waals surface area (Å²) in [5.74, 6) is -0.522. The van der Waals surface area contributed by atoms with Crippen molar-refractivity contribution < 1.29 is 9.18 Å². The number of benzene rings is 1. The number of carbonyl (C=O) groups is 1. The highest BCUT2D eigenvalue weighted by molar-refractivity contribution is 6.02. The number of nitrogens with zero attached hydrogens (tertiary/aromatic N) is 5. The second-order valence-electron chi connectivity index (χ2n) is 5.16. The van der Waals surface area contributed by atoms with Crippen LogP contribution >= 0.6 is 0 Å². The van der Waals surface area contributed by atoms with E-state index in [1.54, 1.807) is 30.3 Å². The van der Waals surface area contributed by atoms with E-state index < -0.39 is 5.91 Å². The van der Waals surface area contributed by atoms with Crippen LogP contribution in [0.1, 0.15) is 10.5 Å². The molecule has 0 bridgehead atoms. The maximum atomic E-state index is 14.1. The first-order chi connectivity index (χ1) is 12.2. The normalized spacial score (nSPS) is 10.8. The summed E-state index contributed by atoms with van der Waals surface area (Å²) in [6.07, 6.45) is 5.80. The lowest BCUT2D eigenvalue weighted by Crippen LogP contribution is -2.15. The summed E-state index contributed by atoms with van der Waals surface area (Å²) < 4.78 is 15.5. The molecule has 0 atom stereocenters. The average molecular weight is 334 g/mol. The molecule has 8 heteroatoms. The standard InChI is InChI=1S/C17H11FN6O/c18-12-4-2-1-3-11(12)14-10-21-16-6-5-15(23-24(14)16)22-17(25)13-9-19-7-8-20-13/h1-10H,(H,22,23,25). The van der Waals surface area contributed by atoms with Crippen molar-refractivity contribution >= 4 is 17.4 Å². The molecule has 0 spiro atoms. The molecule has 0 radical (unpaired) electrons. The fraction of sp³-hybridized carbons (Fsp3) is 0. The number of carbonyl (C=O) groups excluding carboxylic acids is 1. The largest absolute Gasteiger partial charge is 0.304 e. The van der Waals surface area contributed by atoms with Crippen LogP contribution in [-0.4, -0.2) is 30.5 Å². The Morgan fingerprint density at radius 1 is 1.04 bits per heavy atom. The van der Waals surface area contributed by atoms with E-state index in [0.717, 1.165) is 0 Å². The third-order valence-corrected chi connectivity index (χ3v) is 3.55. The monoisotopic (exact) mass is 334 g/mol. The maximum Gasteiger partial charge on any atom is 0.277 e. The molecule has 122 valence electrons. The van der Waals surface area contributed by atoms with Crippen molar-refractivity contribution in [3.05, 3.63) is 72.7 Å². The van der Waals surface area contributed by atoms with Crippen molar-refractivity contribution in [2.24, 2.45) is 0 Å². The van der Waals surface area contributed by atoms with Gasteiger partial charge in [0.1, 0.15) is 11.5 Å². The van der Waals surface area contributed by atoms with Crippen molar-refractivity contribution in [2.45, 2.75) is 0 Å². The van der Waals surface area contributed by atoms with Crippen LogP contribution in [0.5, 0.6) is 0 Å². The summed E-state index contributed by atoms with van der Waals surface area (Å²) >= 11 is 0. The molecule has 1 aromatic carbocycles. The van der Waals surface area contributed by atoms with Gasteiger partial charge in [-0.1, -0.05) is 12.1 Å². The van der Waals surface area contributed by atoms with Gasteiger partial charge in [-0.25, -0.2) is 18.9 Å². The number of fused-ring (bicyclic) bond motifs is 1. The second-order valence-corrected chi connectivity index (χ2v) is 5.16. The Hall–Kier alpha value is -3.68. The molecule has 4 rings (SSSR count). The fourth-order valence-electron chi connectivity index (χ4n) is 2.39. The molecular formula is C17H11FN6O. The molecule has 3 heterocycles. The van der Waals surface area contributed by atoms with Crippen molar-refractivity contribution in [2.75, 3.05) is 5.32 Å². The van der Waals surface area contributed by atoms with Crippen molar-refractivity contribution in [3.8, 4) is 11.3 Å². The van der Waals surface area contributed by atoms with E-state index in [-0.39, 0.29) is 11.5 Å². The number of amides is 1. The fourth-order valence-corrected chi connectivity index (χ4v) is 2.39. The number of rotatable bonds is 3. The zero-order chi connectivity index (χ0) is 17.2. The molecule has 0 aliphatic carbocycles. The minimum atomic E-state index is -0.437. The number of hydrogen-bond acceptors (Lipinski definition) is 5. The lowest BCUT2D eigenvalue weighted by molar-refractivity contribution is 0.102. The van der Waals surface area contributed by atoms with Crippen LogP contribution in [0, 0.1) is 5.82 Å². The Labute approximate surface area is 141 Å². The third kappa shape index (κ3) is 2.80. The zero-order valence-corrected chi connectivity index (χ0v) is 12.8. The zero-order valence-electron chi connectivity index (χ0n) is 12.8. The Morgan fingerprint density at radius 3 is 2.72 bits per heavy atom. The molecule has 4 aromatic rings. The second kappa shape index (κ2) is 6.08. The van der Waals surface area contributed by atoms with Crippen LogP contribution < -0.4 is 5.32 Å². The van der Waals surface area contributed by atoms with Gasteiger partial charge in [0.15, 0.2) is 11.5 Å². The topological polar surface area (TPSA) is 85.1 Å². The number of nitrogens with one attached hydrogen (secondary N) is 1. The highest BCUT2D eigenvalue weighted by atomic mass is 19.1. The van der Waals surface area contributed by atoms with Crippen LogP contribution in [0.25, 0.3) is 16.9 Å². The number of hydrogen-bond donors (Lipinski definition) is 1. The van der Waals surface area contributed by atoms with Gasteiger partial charge < -0.3 is 5.32 Å². The van der Waals surface area contributed by atoms with Crippen molar-refractivity contribution in [1.82, 2.24) is 24.6 Å². The Bertz CT molecular complexity index is 1060. The Balaban J connectivity index is 1.72. The van der Waals surface area contributed by atoms with Gasteiger partial charge in [-0.15, -0.1) is 5.10 Å². The summed E-state index contributed by atoms with van der Waals surface area (Å²) in [4.78, 5) is 24.2. The minimum absolute atomic E-state index is 0.171. The smallest absolute Gasteiger partial charge is 0.277 e.